The Kier molecular flexibility index (Phi) is 15.2. The third-order valence-electron chi connectivity index (χ3n) is 6.47. The molecule has 0 aliphatic rings. The summed E-state index contributed by atoms with van der Waals surface area (Å²) in [6.07, 6.45) is 2.84. The molecule has 0 saturated carbocycles. The van der Waals surface area contributed by atoms with E-state index in [1.807, 2.05) is 71.4 Å². The van der Waals surface area contributed by atoms with E-state index >= 15 is 0 Å². The minimum absolute atomic E-state index is 0. The first-order chi connectivity index (χ1) is 20.3. The van der Waals surface area contributed by atoms with E-state index in [4.69, 9.17) is 0 Å². The number of carbonyl (C=O) groups is 2. The van der Waals surface area contributed by atoms with Gasteiger partial charge in [-0.25, -0.2) is 0 Å². The molecule has 44 heavy (non-hydrogen) atoms. The Hall–Kier alpha value is -2.10. The van der Waals surface area contributed by atoms with Gasteiger partial charge in [-0.2, -0.15) is 0 Å². The molecule has 10 heteroatoms. The van der Waals surface area contributed by atoms with Crippen LogP contribution in [0.2, 0.25) is 0 Å². The van der Waals surface area contributed by atoms with Crippen molar-refractivity contribution in [2.75, 3.05) is 10.6 Å². The highest BCUT2D eigenvalue weighted by molar-refractivity contribution is 14.1. The fourth-order valence-electron chi connectivity index (χ4n) is 4.78. The number of anilines is 2. The molecule has 4 N–H and O–H groups in total. The second-order valence-electron chi connectivity index (χ2n) is 11.2. The lowest BCUT2D eigenvalue weighted by atomic mass is 9.86. The largest absolute Gasteiger partial charge is 0.870 e. The topological polar surface area (TPSA) is 108 Å². The van der Waals surface area contributed by atoms with Crippen LogP contribution in [0, 0.1) is 17.6 Å². The Morgan fingerprint density at radius 1 is 0.818 bits per heavy atom. The third-order valence-corrected chi connectivity index (χ3v) is 10.6. The minimum atomic E-state index is -0.972. The van der Waals surface area contributed by atoms with Gasteiger partial charge in [-0.1, -0.05) is 70.2 Å². The molecule has 2 amide bonds. The van der Waals surface area contributed by atoms with Crippen molar-refractivity contribution in [1.29, 1.82) is 0 Å². The van der Waals surface area contributed by atoms with Crippen LogP contribution in [0.5, 0.6) is 0 Å². The summed E-state index contributed by atoms with van der Waals surface area (Å²) in [7, 11) is 0. The summed E-state index contributed by atoms with van der Waals surface area (Å²) in [6.45, 7) is 12.3. The number of hydrogen-bond donors (Lipinski definition) is 3. The number of hydrogen-bond acceptors (Lipinski definition) is 6. The van der Waals surface area contributed by atoms with Crippen LogP contribution >= 0.6 is 67.9 Å². The van der Waals surface area contributed by atoms with Crippen LogP contribution in [0.3, 0.4) is 0 Å². The van der Waals surface area contributed by atoms with Crippen molar-refractivity contribution in [3.05, 3.63) is 106 Å². The van der Waals surface area contributed by atoms with Gasteiger partial charge in [0.1, 0.15) is 0 Å². The number of rotatable bonds is 9. The molecule has 0 radical (unpaired) electrons. The van der Waals surface area contributed by atoms with Gasteiger partial charge in [0.25, 0.3) is 11.8 Å². The smallest absolute Gasteiger partial charge is 0.257 e. The first kappa shape index (κ1) is 38.1. The predicted molar refractivity (Wildman–Crippen MR) is 202 cm³/mol. The molecule has 4 rings (SSSR count). The molecule has 0 fully saturated rings. The Bertz CT molecular complexity index is 1570. The van der Waals surface area contributed by atoms with Gasteiger partial charge in [0.15, 0.2) is 0 Å². The summed E-state index contributed by atoms with van der Waals surface area (Å²) in [5.41, 5.74) is 4.97. The normalized spacial score (nSPS) is 12.6. The van der Waals surface area contributed by atoms with Crippen molar-refractivity contribution in [1.82, 2.24) is 0 Å². The lowest BCUT2D eigenvalue weighted by Crippen LogP contribution is -2.26. The van der Waals surface area contributed by atoms with Crippen molar-refractivity contribution in [2.24, 2.45) is 11.8 Å². The first-order valence-corrected chi connectivity index (χ1v) is 17.9. The molecular formula is C34H39I2N2O4S2-. The maximum atomic E-state index is 12.4. The van der Waals surface area contributed by atoms with Gasteiger partial charge in [-0.3, -0.25) is 9.59 Å². The van der Waals surface area contributed by atoms with Crippen molar-refractivity contribution in [3.63, 3.8) is 0 Å². The second kappa shape index (κ2) is 17.6. The summed E-state index contributed by atoms with van der Waals surface area (Å²) >= 11 is 7.48. The molecule has 0 bridgehead atoms. The van der Waals surface area contributed by atoms with Crippen LogP contribution in [-0.4, -0.2) is 22.4 Å². The van der Waals surface area contributed by atoms with Gasteiger partial charge in [0, 0.05) is 22.5 Å². The molecule has 2 heterocycles. The van der Waals surface area contributed by atoms with Crippen molar-refractivity contribution >= 4 is 96.6 Å². The summed E-state index contributed by atoms with van der Waals surface area (Å²) in [5, 5.41) is 20.6. The first-order valence-electron chi connectivity index (χ1n) is 14.0. The van der Waals surface area contributed by atoms with Gasteiger partial charge in [-0.05, 0) is 118 Å². The summed E-state index contributed by atoms with van der Waals surface area (Å²) < 4.78 is 1.97. The van der Waals surface area contributed by atoms with E-state index < -0.39 is 5.60 Å². The van der Waals surface area contributed by atoms with Crippen LogP contribution in [-0.2, 0) is 5.60 Å². The molecule has 236 valence electrons. The van der Waals surface area contributed by atoms with Crippen LogP contribution in [0.15, 0.2) is 77.5 Å². The second-order valence-corrected chi connectivity index (χ2v) is 16.6. The SMILES string of the molecule is CC(=CC(C)C)c1ccccc1NC(=O)c1ccsc1I.CC(C)CC(C)(O)c1ccccc1NC(=O)c1ccsc1I.[OH-]. The average molecular weight is 858 g/mol. The molecule has 0 aliphatic carbocycles. The fraction of sp³-hybridized carbons (Fsp3) is 0.294. The van der Waals surface area contributed by atoms with E-state index in [9.17, 15) is 14.7 Å². The monoisotopic (exact) mass is 857 g/mol. The maximum absolute atomic E-state index is 12.4. The van der Waals surface area contributed by atoms with Crippen LogP contribution in [0.1, 0.15) is 79.8 Å². The molecule has 2 aromatic carbocycles. The van der Waals surface area contributed by atoms with E-state index in [-0.39, 0.29) is 17.3 Å². The third kappa shape index (κ3) is 10.8. The molecule has 0 saturated heterocycles. The fourth-order valence-corrected chi connectivity index (χ4v) is 7.74. The van der Waals surface area contributed by atoms with Gasteiger partial charge in [0.2, 0.25) is 0 Å². The van der Waals surface area contributed by atoms with E-state index in [2.05, 4.69) is 96.5 Å². The zero-order valence-electron chi connectivity index (χ0n) is 25.7. The van der Waals surface area contributed by atoms with Gasteiger partial charge in [-0.15, -0.1) is 22.7 Å². The Balaban J connectivity index is 0.000000300. The van der Waals surface area contributed by atoms with Crippen LogP contribution < -0.4 is 10.6 Å². The number of nitrogens with one attached hydrogen (secondary N) is 2. The number of allylic oxidation sites excluding steroid dienone is 2. The van der Waals surface area contributed by atoms with Gasteiger partial charge < -0.3 is 21.2 Å². The molecular weight excluding hydrogens is 818 g/mol. The molecule has 0 spiro atoms. The van der Waals surface area contributed by atoms with E-state index in [1.54, 1.807) is 18.3 Å². The number of amides is 2. The summed E-state index contributed by atoms with van der Waals surface area (Å²) in [5.74, 6) is 0.645. The van der Waals surface area contributed by atoms with E-state index in [0.29, 0.717) is 29.5 Å². The molecule has 1 unspecified atom stereocenters. The number of thiophene rings is 2. The summed E-state index contributed by atoms with van der Waals surface area (Å²) in [6, 6.07) is 19.1. The molecule has 2 aromatic heterocycles. The molecule has 0 aliphatic heterocycles. The Morgan fingerprint density at radius 2 is 1.30 bits per heavy atom. The number of halogens is 2. The highest BCUT2D eigenvalue weighted by atomic mass is 127. The number of benzene rings is 2. The maximum Gasteiger partial charge on any atom is 0.257 e. The average Bonchev–Trinajstić information content (AvgIpc) is 3.56. The van der Waals surface area contributed by atoms with Crippen molar-refractivity contribution in [3.8, 4) is 0 Å². The highest BCUT2D eigenvalue weighted by Crippen LogP contribution is 2.34. The quantitative estimate of drug-likeness (QED) is 0.146. The van der Waals surface area contributed by atoms with E-state index in [1.165, 1.54) is 16.9 Å². The lowest BCUT2D eigenvalue weighted by molar-refractivity contribution is 0.0355. The number of carbonyl (C=O) groups excluding carboxylic acids is 2. The zero-order chi connectivity index (χ0) is 31.7. The number of aliphatic hydroxyl groups is 1. The number of para-hydroxylation sites is 2. The molecule has 4 aromatic rings. The van der Waals surface area contributed by atoms with Gasteiger partial charge >= 0.3 is 0 Å². The minimum Gasteiger partial charge on any atom is -0.870 e. The Morgan fingerprint density at radius 3 is 1.77 bits per heavy atom. The highest BCUT2D eigenvalue weighted by Gasteiger charge is 2.27. The lowest BCUT2D eigenvalue weighted by Gasteiger charge is -2.28. The van der Waals surface area contributed by atoms with Crippen molar-refractivity contribution < 1.29 is 20.2 Å². The summed E-state index contributed by atoms with van der Waals surface area (Å²) in [4.78, 5) is 24.8. The zero-order valence-corrected chi connectivity index (χ0v) is 31.6. The van der Waals surface area contributed by atoms with E-state index in [0.717, 1.165) is 28.1 Å². The molecule has 1 atom stereocenters. The van der Waals surface area contributed by atoms with Crippen LogP contribution in [0.25, 0.3) is 5.57 Å². The van der Waals surface area contributed by atoms with Crippen molar-refractivity contribution in [2.45, 2.75) is 53.6 Å². The standard InChI is InChI=1S/C17H20INO2S.C17H18INOS.H2O/c1-11(2)10-17(3,21)13-6-4-5-7-14(13)19-16(20)12-8-9-22-15(12)18;1-11(2)10-12(3)13-6-4-5-7-15(13)19-17(20)14-8-9-21-16(14)18;/h4-9,11,21H,10H2,1-3H3,(H,19,20);4-11H,1-3H3,(H,19,20);1H2/p-1. The Labute approximate surface area is 296 Å². The van der Waals surface area contributed by atoms with Gasteiger partial charge in [0.05, 0.1) is 22.5 Å². The van der Waals surface area contributed by atoms with Crippen LogP contribution in [0.4, 0.5) is 11.4 Å². The predicted octanol–water partition coefficient (Wildman–Crippen LogP) is 10.3. The molecule has 6 nitrogen and oxygen atoms in total.